The van der Waals surface area contributed by atoms with E-state index in [0.717, 1.165) is 19.4 Å². The van der Waals surface area contributed by atoms with E-state index in [0.29, 0.717) is 0 Å². The van der Waals surface area contributed by atoms with Crippen molar-refractivity contribution in [3.05, 3.63) is 47.7 Å². The molecule has 1 aliphatic rings. The molecule has 132 valence electrons. The molecule has 1 heterocycles. The SMILES string of the molecule is CC=C(OC1CC(C)(C)N(Cc2ccccc2)C(C)(C)C1)C(=O)O. The Morgan fingerprint density at radius 1 is 1.21 bits per heavy atom. The lowest BCUT2D eigenvalue weighted by molar-refractivity contribution is -0.142. The summed E-state index contributed by atoms with van der Waals surface area (Å²) in [4.78, 5) is 13.7. The van der Waals surface area contributed by atoms with Crippen molar-refractivity contribution in [3.63, 3.8) is 0 Å². The molecular weight excluding hydrogens is 302 g/mol. The average molecular weight is 331 g/mol. The van der Waals surface area contributed by atoms with Gasteiger partial charge in [0.1, 0.15) is 6.10 Å². The summed E-state index contributed by atoms with van der Waals surface area (Å²) in [5, 5.41) is 9.21. The third-order valence-electron chi connectivity index (χ3n) is 4.87. The number of rotatable bonds is 5. The first-order valence-electron chi connectivity index (χ1n) is 8.53. The second-order valence-corrected chi connectivity index (χ2v) is 7.80. The molecule has 0 bridgehead atoms. The molecule has 0 unspecified atom stereocenters. The Bertz CT molecular complexity index is 587. The highest BCUT2D eigenvalue weighted by Gasteiger charge is 2.46. The molecule has 4 heteroatoms. The zero-order valence-electron chi connectivity index (χ0n) is 15.4. The molecule has 1 aromatic rings. The third-order valence-corrected chi connectivity index (χ3v) is 4.87. The highest BCUT2D eigenvalue weighted by atomic mass is 16.5. The first-order chi connectivity index (χ1) is 11.2. The van der Waals surface area contributed by atoms with Gasteiger partial charge in [-0.1, -0.05) is 30.3 Å². The number of likely N-dealkylation sites (tertiary alicyclic amines) is 1. The van der Waals surface area contributed by atoms with Crippen molar-refractivity contribution in [2.24, 2.45) is 0 Å². The zero-order valence-corrected chi connectivity index (χ0v) is 15.4. The molecule has 0 atom stereocenters. The fourth-order valence-electron chi connectivity index (χ4n) is 3.93. The van der Waals surface area contributed by atoms with E-state index in [4.69, 9.17) is 4.74 Å². The van der Waals surface area contributed by atoms with Crippen LogP contribution in [0.25, 0.3) is 0 Å². The van der Waals surface area contributed by atoms with Crippen LogP contribution in [-0.2, 0) is 16.1 Å². The fraction of sp³-hybridized carbons (Fsp3) is 0.550. The lowest BCUT2D eigenvalue weighted by atomic mass is 9.77. The first-order valence-corrected chi connectivity index (χ1v) is 8.53. The molecule has 1 fully saturated rings. The van der Waals surface area contributed by atoms with Crippen LogP contribution in [0.4, 0.5) is 0 Å². The van der Waals surface area contributed by atoms with Crippen LogP contribution in [0.2, 0.25) is 0 Å². The van der Waals surface area contributed by atoms with Gasteiger partial charge in [-0.15, -0.1) is 0 Å². The summed E-state index contributed by atoms with van der Waals surface area (Å²) in [5.74, 6) is -0.956. The van der Waals surface area contributed by atoms with E-state index in [2.05, 4.69) is 56.9 Å². The molecule has 0 aliphatic carbocycles. The van der Waals surface area contributed by atoms with Crippen LogP contribution in [0.3, 0.4) is 0 Å². The van der Waals surface area contributed by atoms with Crippen molar-refractivity contribution in [1.29, 1.82) is 0 Å². The van der Waals surface area contributed by atoms with Gasteiger partial charge in [-0.3, -0.25) is 4.90 Å². The van der Waals surface area contributed by atoms with Crippen molar-refractivity contribution in [2.45, 2.75) is 71.2 Å². The van der Waals surface area contributed by atoms with Gasteiger partial charge in [-0.05, 0) is 46.3 Å². The van der Waals surface area contributed by atoms with Crippen molar-refractivity contribution >= 4 is 5.97 Å². The molecule has 1 N–H and O–H groups in total. The van der Waals surface area contributed by atoms with E-state index in [9.17, 15) is 9.90 Å². The largest absolute Gasteiger partial charge is 0.483 e. The normalized spacial score (nSPS) is 21.5. The summed E-state index contributed by atoms with van der Waals surface area (Å²) in [6, 6.07) is 10.5. The number of benzene rings is 1. The molecule has 0 amide bonds. The van der Waals surface area contributed by atoms with Gasteiger partial charge in [0.15, 0.2) is 5.76 Å². The van der Waals surface area contributed by atoms with Crippen molar-refractivity contribution in [1.82, 2.24) is 4.90 Å². The van der Waals surface area contributed by atoms with E-state index < -0.39 is 5.97 Å². The van der Waals surface area contributed by atoms with E-state index in [1.165, 1.54) is 11.6 Å². The van der Waals surface area contributed by atoms with E-state index in [1.54, 1.807) is 6.92 Å². The van der Waals surface area contributed by atoms with Gasteiger partial charge in [0.05, 0.1) is 0 Å². The van der Waals surface area contributed by atoms with Crippen LogP contribution in [0, 0.1) is 0 Å². The molecule has 0 spiro atoms. The van der Waals surface area contributed by atoms with Crippen LogP contribution >= 0.6 is 0 Å². The second-order valence-electron chi connectivity index (χ2n) is 7.80. The lowest BCUT2D eigenvalue weighted by Gasteiger charge is -2.55. The Kier molecular flexibility index (Phi) is 5.38. The summed E-state index contributed by atoms with van der Waals surface area (Å²) < 4.78 is 5.81. The fourth-order valence-corrected chi connectivity index (χ4v) is 3.93. The smallest absolute Gasteiger partial charge is 0.370 e. The second kappa shape index (κ2) is 6.98. The summed E-state index contributed by atoms with van der Waals surface area (Å²) in [6.45, 7) is 11.4. The summed E-state index contributed by atoms with van der Waals surface area (Å²) in [5.41, 5.74) is 1.12. The highest BCUT2D eigenvalue weighted by molar-refractivity contribution is 5.84. The van der Waals surface area contributed by atoms with E-state index in [-0.39, 0.29) is 22.9 Å². The minimum absolute atomic E-state index is 0.0445. The number of carbonyl (C=O) groups is 1. The molecule has 1 aliphatic heterocycles. The van der Waals surface area contributed by atoms with Crippen LogP contribution in [-0.4, -0.2) is 33.2 Å². The average Bonchev–Trinajstić information content (AvgIpc) is 2.48. The monoisotopic (exact) mass is 331 g/mol. The van der Waals surface area contributed by atoms with Gasteiger partial charge >= 0.3 is 5.97 Å². The molecule has 0 saturated carbocycles. The molecule has 1 aromatic carbocycles. The number of hydrogen-bond acceptors (Lipinski definition) is 3. The molecular formula is C20H29NO3. The molecule has 0 radical (unpaired) electrons. The van der Waals surface area contributed by atoms with Crippen LogP contribution in [0.5, 0.6) is 0 Å². The maximum absolute atomic E-state index is 11.2. The third kappa shape index (κ3) is 4.18. The van der Waals surface area contributed by atoms with Gasteiger partial charge in [0, 0.05) is 30.5 Å². The molecule has 1 saturated heterocycles. The minimum atomic E-state index is -1.00. The predicted octanol–water partition coefficient (Wildman–Crippen LogP) is 4.21. The number of hydrogen-bond donors (Lipinski definition) is 1. The number of carboxylic acids is 1. The Labute approximate surface area is 145 Å². The summed E-state index contributed by atoms with van der Waals surface area (Å²) in [7, 11) is 0. The molecule has 2 rings (SSSR count). The van der Waals surface area contributed by atoms with Gasteiger partial charge in [0.2, 0.25) is 0 Å². The number of aliphatic carboxylic acids is 1. The number of piperidine rings is 1. The summed E-state index contributed by atoms with van der Waals surface area (Å²) in [6.07, 6.45) is 3.03. The quantitative estimate of drug-likeness (QED) is 0.648. The van der Waals surface area contributed by atoms with Crippen molar-refractivity contribution < 1.29 is 14.6 Å². The zero-order chi connectivity index (χ0) is 18.0. The highest BCUT2D eigenvalue weighted by Crippen LogP contribution is 2.41. The Hall–Kier alpha value is -1.81. The maximum Gasteiger partial charge on any atom is 0.370 e. The van der Waals surface area contributed by atoms with Crippen LogP contribution in [0.1, 0.15) is 53.0 Å². The molecule has 0 aromatic heterocycles. The Morgan fingerprint density at radius 3 is 2.21 bits per heavy atom. The lowest BCUT2D eigenvalue weighted by Crippen LogP contribution is -2.61. The Morgan fingerprint density at radius 2 is 1.75 bits per heavy atom. The first kappa shape index (κ1) is 18.5. The molecule has 24 heavy (non-hydrogen) atoms. The van der Waals surface area contributed by atoms with Crippen molar-refractivity contribution in [3.8, 4) is 0 Å². The standard InChI is InChI=1S/C20H29NO3/c1-6-17(18(22)23)24-16-12-19(2,3)21(20(4,5)13-16)14-15-10-8-7-9-11-15/h6-11,16H,12-14H2,1-5H3,(H,22,23). The number of ether oxygens (including phenoxy) is 1. The van der Waals surface area contributed by atoms with Crippen LogP contribution < -0.4 is 0 Å². The topological polar surface area (TPSA) is 49.8 Å². The van der Waals surface area contributed by atoms with Gasteiger partial charge in [-0.25, -0.2) is 4.79 Å². The van der Waals surface area contributed by atoms with Gasteiger partial charge < -0.3 is 9.84 Å². The number of allylic oxidation sites excluding steroid dienone is 1. The minimum Gasteiger partial charge on any atom is -0.483 e. The van der Waals surface area contributed by atoms with Crippen LogP contribution in [0.15, 0.2) is 42.2 Å². The number of nitrogens with zero attached hydrogens (tertiary/aromatic N) is 1. The van der Waals surface area contributed by atoms with E-state index >= 15 is 0 Å². The maximum atomic E-state index is 11.2. The predicted molar refractivity (Wildman–Crippen MR) is 95.6 cm³/mol. The Balaban J connectivity index is 2.18. The van der Waals surface area contributed by atoms with Gasteiger partial charge in [-0.2, -0.15) is 0 Å². The number of carboxylic acid groups (broad SMARTS) is 1. The van der Waals surface area contributed by atoms with E-state index in [1.807, 2.05) is 6.07 Å². The van der Waals surface area contributed by atoms with Gasteiger partial charge in [0.25, 0.3) is 0 Å². The summed E-state index contributed by atoms with van der Waals surface area (Å²) >= 11 is 0. The molecule has 4 nitrogen and oxygen atoms in total. The van der Waals surface area contributed by atoms with Crippen molar-refractivity contribution in [2.75, 3.05) is 0 Å².